The van der Waals surface area contributed by atoms with Crippen molar-refractivity contribution in [3.63, 3.8) is 0 Å². The highest BCUT2D eigenvalue weighted by Gasteiger charge is 2.15. The molecule has 3 N–H and O–H groups in total. The minimum absolute atomic E-state index is 0.514. The van der Waals surface area contributed by atoms with Crippen molar-refractivity contribution in [3.8, 4) is 0 Å². The molecule has 1 aliphatic rings. The van der Waals surface area contributed by atoms with Gasteiger partial charge in [-0.15, -0.1) is 0 Å². The Morgan fingerprint density at radius 1 is 1.20 bits per heavy atom. The summed E-state index contributed by atoms with van der Waals surface area (Å²) in [6, 6.07) is 0.514. The Balaban J connectivity index is 1.86. The molecule has 0 aromatic carbocycles. The molecule has 20 heavy (non-hydrogen) atoms. The molecule has 0 unspecified atom stereocenters. The van der Waals surface area contributed by atoms with Crippen LogP contribution in [0.15, 0.2) is 6.20 Å². The van der Waals surface area contributed by atoms with Gasteiger partial charge in [0, 0.05) is 12.6 Å². The Morgan fingerprint density at radius 3 is 2.75 bits per heavy atom. The highest BCUT2D eigenvalue weighted by Crippen LogP contribution is 2.25. The summed E-state index contributed by atoms with van der Waals surface area (Å²) in [5.41, 5.74) is 0.784. The minimum Gasteiger partial charge on any atom is -0.367 e. The van der Waals surface area contributed by atoms with Crippen LogP contribution in [0.1, 0.15) is 45.4 Å². The molecule has 0 bridgehead atoms. The summed E-state index contributed by atoms with van der Waals surface area (Å²) in [7, 11) is 0. The van der Waals surface area contributed by atoms with Gasteiger partial charge in [0.1, 0.15) is 5.82 Å². The topological polar surface area (TPSA) is 78.5 Å². The van der Waals surface area contributed by atoms with Crippen molar-refractivity contribution in [2.45, 2.75) is 51.5 Å². The molecule has 108 valence electrons. The molecule has 0 amide bonds. The van der Waals surface area contributed by atoms with Crippen LogP contribution in [0.5, 0.6) is 0 Å². The van der Waals surface area contributed by atoms with Gasteiger partial charge >= 0.3 is 0 Å². The number of aromatic amines is 1. The Hall–Kier alpha value is -1.85. The van der Waals surface area contributed by atoms with Crippen molar-refractivity contribution in [1.82, 2.24) is 20.2 Å². The van der Waals surface area contributed by atoms with Gasteiger partial charge in [-0.3, -0.25) is 5.10 Å². The number of nitrogens with one attached hydrogen (secondary N) is 3. The molecule has 1 aliphatic carbocycles. The van der Waals surface area contributed by atoms with Crippen molar-refractivity contribution < 1.29 is 0 Å². The van der Waals surface area contributed by atoms with E-state index in [1.807, 2.05) is 6.92 Å². The quantitative estimate of drug-likeness (QED) is 0.747. The maximum absolute atomic E-state index is 4.59. The zero-order valence-electron chi connectivity index (χ0n) is 11.9. The number of hydrogen-bond acceptors (Lipinski definition) is 5. The standard InChI is InChI=1S/C14H22N6/c1-2-15-14-18-12(11-9-16-20-13(11)19-14)17-10-7-5-3-4-6-8-10/h9-10H,2-8H2,1H3,(H3,15,16,17,18,19,20). The van der Waals surface area contributed by atoms with E-state index in [1.165, 1.54) is 38.5 Å². The SMILES string of the molecule is CCNc1nc(NC2CCCCCC2)c2cn[nH]c2n1. The fourth-order valence-corrected chi connectivity index (χ4v) is 2.80. The molecule has 1 saturated carbocycles. The molecule has 0 atom stereocenters. The normalized spacial score (nSPS) is 17.1. The molecule has 1 fully saturated rings. The number of H-pyrrole nitrogens is 1. The zero-order valence-corrected chi connectivity index (χ0v) is 11.9. The summed E-state index contributed by atoms with van der Waals surface area (Å²) >= 11 is 0. The van der Waals surface area contributed by atoms with E-state index in [0.29, 0.717) is 12.0 Å². The number of rotatable bonds is 4. The van der Waals surface area contributed by atoms with Gasteiger partial charge in [0.25, 0.3) is 0 Å². The first-order valence-corrected chi connectivity index (χ1v) is 7.58. The molecular weight excluding hydrogens is 252 g/mol. The molecule has 2 heterocycles. The molecule has 3 rings (SSSR count). The molecule has 2 aromatic rings. The Kier molecular flexibility index (Phi) is 3.99. The van der Waals surface area contributed by atoms with E-state index in [4.69, 9.17) is 0 Å². The Labute approximate surface area is 118 Å². The van der Waals surface area contributed by atoms with Crippen LogP contribution < -0.4 is 10.6 Å². The lowest BCUT2D eigenvalue weighted by Gasteiger charge is -2.17. The van der Waals surface area contributed by atoms with Crippen LogP contribution in [-0.4, -0.2) is 32.8 Å². The lowest BCUT2D eigenvalue weighted by Crippen LogP contribution is -2.19. The van der Waals surface area contributed by atoms with Crippen LogP contribution in [0.2, 0.25) is 0 Å². The largest absolute Gasteiger partial charge is 0.367 e. The van der Waals surface area contributed by atoms with Gasteiger partial charge in [0.05, 0.1) is 11.6 Å². The van der Waals surface area contributed by atoms with E-state index in [2.05, 4.69) is 30.8 Å². The number of anilines is 2. The third-order valence-corrected chi connectivity index (χ3v) is 3.84. The summed E-state index contributed by atoms with van der Waals surface area (Å²) in [5, 5.41) is 14.7. The van der Waals surface area contributed by atoms with Gasteiger partial charge in [-0.2, -0.15) is 15.1 Å². The molecule has 0 saturated heterocycles. The number of hydrogen-bond donors (Lipinski definition) is 3. The summed E-state index contributed by atoms with van der Waals surface area (Å²) in [5.74, 6) is 1.55. The Bertz CT molecular complexity index is 556. The van der Waals surface area contributed by atoms with Crippen molar-refractivity contribution in [2.75, 3.05) is 17.2 Å². The second kappa shape index (κ2) is 6.07. The van der Waals surface area contributed by atoms with E-state index in [0.717, 1.165) is 23.4 Å². The molecule has 6 heteroatoms. The van der Waals surface area contributed by atoms with Crippen LogP contribution in [-0.2, 0) is 0 Å². The first kappa shape index (κ1) is 13.1. The summed E-state index contributed by atoms with van der Waals surface area (Å²) in [6.45, 7) is 2.85. The predicted octanol–water partition coefficient (Wildman–Crippen LogP) is 2.92. The van der Waals surface area contributed by atoms with Gasteiger partial charge in [-0.05, 0) is 19.8 Å². The van der Waals surface area contributed by atoms with E-state index in [-0.39, 0.29) is 0 Å². The van der Waals surface area contributed by atoms with Crippen molar-refractivity contribution in [2.24, 2.45) is 0 Å². The molecule has 0 spiro atoms. The van der Waals surface area contributed by atoms with Gasteiger partial charge < -0.3 is 10.6 Å². The monoisotopic (exact) mass is 274 g/mol. The lowest BCUT2D eigenvalue weighted by molar-refractivity contribution is 0.618. The van der Waals surface area contributed by atoms with E-state index < -0.39 is 0 Å². The first-order chi connectivity index (χ1) is 9.86. The van der Waals surface area contributed by atoms with Crippen molar-refractivity contribution in [1.29, 1.82) is 0 Å². The Morgan fingerprint density at radius 2 is 2.00 bits per heavy atom. The number of fused-ring (bicyclic) bond motifs is 1. The van der Waals surface area contributed by atoms with Crippen LogP contribution in [0.3, 0.4) is 0 Å². The van der Waals surface area contributed by atoms with Gasteiger partial charge in [-0.25, -0.2) is 0 Å². The highest BCUT2D eigenvalue weighted by molar-refractivity contribution is 5.87. The maximum Gasteiger partial charge on any atom is 0.226 e. The van der Waals surface area contributed by atoms with Crippen LogP contribution in [0, 0.1) is 0 Å². The smallest absolute Gasteiger partial charge is 0.226 e. The number of nitrogens with zero attached hydrogens (tertiary/aromatic N) is 3. The molecular formula is C14H22N6. The van der Waals surface area contributed by atoms with Crippen LogP contribution in [0.4, 0.5) is 11.8 Å². The highest BCUT2D eigenvalue weighted by atomic mass is 15.2. The van der Waals surface area contributed by atoms with Crippen molar-refractivity contribution >= 4 is 22.8 Å². The molecule has 2 aromatic heterocycles. The van der Waals surface area contributed by atoms with Crippen molar-refractivity contribution in [3.05, 3.63) is 6.20 Å². The summed E-state index contributed by atoms with van der Waals surface area (Å²) < 4.78 is 0. The number of aromatic nitrogens is 4. The average molecular weight is 274 g/mol. The fraction of sp³-hybridized carbons (Fsp3) is 0.643. The zero-order chi connectivity index (χ0) is 13.8. The minimum atomic E-state index is 0.514. The third kappa shape index (κ3) is 2.84. The summed E-state index contributed by atoms with van der Waals surface area (Å²) in [6.07, 6.45) is 9.55. The lowest BCUT2D eigenvalue weighted by atomic mass is 10.1. The van der Waals surface area contributed by atoms with E-state index in [9.17, 15) is 0 Å². The average Bonchev–Trinajstić information content (AvgIpc) is 2.77. The van der Waals surface area contributed by atoms with Crippen LogP contribution >= 0.6 is 0 Å². The first-order valence-electron chi connectivity index (χ1n) is 7.58. The fourth-order valence-electron chi connectivity index (χ4n) is 2.80. The van der Waals surface area contributed by atoms with Gasteiger partial charge in [-0.1, -0.05) is 25.7 Å². The maximum atomic E-state index is 4.59. The molecule has 0 aliphatic heterocycles. The van der Waals surface area contributed by atoms with E-state index in [1.54, 1.807) is 6.20 Å². The second-order valence-corrected chi connectivity index (χ2v) is 5.39. The van der Waals surface area contributed by atoms with E-state index >= 15 is 0 Å². The second-order valence-electron chi connectivity index (χ2n) is 5.39. The molecule has 6 nitrogen and oxygen atoms in total. The van der Waals surface area contributed by atoms with Crippen LogP contribution in [0.25, 0.3) is 11.0 Å². The predicted molar refractivity (Wildman–Crippen MR) is 81.0 cm³/mol. The van der Waals surface area contributed by atoms with Gasteiger partial charge in [0.2, 0.25) is 5.95 Å². The van der Waals surface area contributed by atoms with Gasteiger partial charge in [0.15, 0.2) is 5.65 Å². The third-order valence-electron chi connectivity index (χ3n) is 3.84. The summed E-state index contributed by atoms with van der Waals surface area (Å²) in [4.78, 5) is 9.01. The molecule has 0 radical (unpaired) electrons.